The number of hydrogen-bond donors (Lipinski definition) is 0. The van der Waals surface area contributed by atoms with Gasteiger partial charge >= 0.3 is 0 Å². The summed E-state index contributed by atoms with van der Waals surface area (Å²) in [5.74, 6) is 2.06. The number of morpholine rings is 1. The summed E-state index contributed by atoms with van der Waals surface area (Å²) in [5, 5.41) is 0. The first-order chi connectivity index (χ1) is 15.4. The van der Waals surface area contributed by atoms with Crippen molar-refractivity contribution in [2.24, 2.45) is 0 Å². The highest BCUT2D eigenvalue weighted by atomic mass is 16.5. The molecule has 1 amide bonds. The second-order valence-corrected chi connectivity index (χ2v) is 9.24. The molecule has 1 aromatic carbocycles. The van der Waals surface area contributed by atoms with Gasteiger partial charge in [0.15, 0.2) is 5.82 Å². The molecule has 0 saturated carbocycles. The van der Waals surface area contributed by atoms with Crippen LogP contribution in [-0.2, 0) is 14.9 Å². The quantitative estimate of drug-likeness (QED) is 0.633. The van der Waals surface area contributed by atoms with E-state index in [2.05, 4.69) is 19.9 Å². The second-order valence-electron chi connectivity index (χ2n) is 9.24. The van der Waals surface area contributed by atoms with E-state index in [9.17, 15) is 4.79 Å². The summed E-state index contributed by atoms with van der Waals surface area (Å²) in [6.07, 6.45) is 8.18. The molecule has 2 bridgehead atoms. The Labute approximate surface area is 186 Å². The minimum Gasteiger partial charge on any atom is -0.377 e. The highest BCUT2D eigenvalue weighted by Gasteiger charge is 2.46. The summed E-state index contributed by atoms with van der Waals surface area (Å²) in [6, 6.07) is 6.75. The van der Waals surface area contributed by atoms with Crippen LogP contribution >= 0.6 is 0 Å². The van der Waals surface area contributed by atoms with E-state index >= 15 is 0 Å². The number of ether oxygens (including phenoxy) is 1. The van der Waals surface area contributed by atoms with Crippen LogP contribution in [0.2, 0.25) is 0 Å². The van der Waals surface area contributed by atoms with Crippen LogP contribution in [0.1, 0.15) is 31.7 Å². The molecule has 0 aliphatic carbocycles. The lowest BCUT2D eigenvalue weighted by atomic mass is 9.85. The van der Waals surface area contributed by atoms with E-state index in [0.717, 1.165) is 40.4 Å². The van der Waals surface area contributed by atoms with Gasteiger partial charge in [0.1, 0.15) is 11.6 Å². The molecule has 32 heavy (non-hydrogen) atoms. The van der Waals surface area contributed by atoms with E-state index in [1.165, 1.54) is 0 Å². The number of carbonyl (C=O) groups excluding carboxylic acids is 1. The summed E-state index contributed by atoms with van der Waals surface area (Å²) in [7, 11) is 0. The van der Waals surface area contributed by atoms with Gasteiger partial charge in [0, 0.05) is 18.0 Å². The van der Waals surface area contributed by atoms with Gasteiger partial charge in [-0.2, -0.15) is 0 Å². The van der Waals surface area contributed by atoms with E-state index in [1.54, 1.807) is 29.7 Å². The normalized spacial score (nSPS) is 23.2. The lowest BCUT2D eigenvalue weighted by Gasteiger charge is -2.52. The summed E-state index contributed by atoms with van der Waals surface area (Å²) >= 11 is 0. The third-order valence-electron chi connectivity index (χ3n) is 6.82. The Morgan fingerprint density at radius 1 is 1.00 bits per heavy atom. The molecule has 6 rings (SSSR count). The van der Waals surface area contributed by atoms with Crippen LogP contribution in [0.25, 0.3) is 11.1 Å². The SMILES string of the molecule is Cc1ncc(-c2ccc3c(c2)N(c2cncc(N4C5COCC4C5)n2)C(=O)C3(C)C)cn1. The van der Waals surface area contributed by atoms with Crippen molar-refractivity contribution >= 4 is 23.2 Å². The number of rotatable bonds is 3. The van der Waals surface area contributed by atoms with E-state index in [1.807, 2.05) is 39.0 Å². The molecule has 3 aromatic rings. The van der Waals surface area contributed by atoms with E-state index in [-0.39, 0.29) is 5.91 Å². The third-order valence-corrected chi connectivity index (χ3v) is 6.82. The van der Waals surface area contributed by atoms with Crippen LogP contribution in [0.4, 0.5) is 17.3 Å². The molecule has 0 spiro atoms. The standard InChI is InChI=1S/C24H24N6O2/c1-14-26-8-16(9-27-14)15-4-5-19-20(6-15)30(23(31)24(19,2)3)22-11-25-10-21(28-22)29-17-7-18(29)13-32-12-17/h4-6,8-11,17-18H,7,12-13H2,1-3H3. The monoisotopic (exact) mass is 428 g/mol. The minimum atomic E-state index is -0.656. The molecule has 2 aromatic heterocycles. The van der Waals surface area contributed by atoms with Crippen molar-refractivity contribution in [3.63, 3.8) is 0 Å². The highest BCUT2D eigenvalue weighted by molar-refractivity contribution is 6.12. The average Bonchev–Trinajstić information content (AvgIpc) is 3.00. The number of aromatic nitrogens is 4. The molecule has 0 N–H and O–H groups in total. The number of aryl methyl sites for hydroxylation is 1. The van der Waals surface area contributed by atoms with Crippen molar-refractivity contribution in [1.82, 2.24) is 19.9 Å². The first kappa shape index (κ1) is 19.3. The van der Waals surface area contributed by atoms with Crippen LogP contribution in [-0.4, -0.2) is 51.1 Å². The number of fused-ring (bicyclic) bond motifs is 3. The average molecular weight is 428 g/mol. The van der Waals surface area contributed by atoms with Gasteiger partial charge < -0.3 is 9.64 Å². The maximum Gasteiger partial charge on any atom is 0.242 e. The molecule has 162 valence electrons. The second kappa shape index (κ2) is 6.80. The maximum atomic E-state index is 13.5. The Balaban J connectivity index is 1.43. The van der Waals surface area contributed by atoms with Crippen LogP contribution in [0.3, 0.4) is 0 Å². The van der Waals surface area contributed by atoms with E-state index in [0.29, 0.717) is 31.1 Å². The number of hydrogen-bond acceptors (Lipinski definition) is 7. The molecule has 0 radical (unpaired) electrons. The molecule has 3 aliphatic heterocycles. The number of nitrogens with zero attached hydrogens (tertiary/aromatic N) is 6. The van der Waals surface area contributed by atoms with Crippen molar-refractivity contribution in [3.8, 4) is 11.1 Å². The van der Waals surface area contributed by atoms with Crippen LogP contribution in [0, 0.1) is 6.92 Å². The first-order valence-electron chi connectivity index (χ1n) is 10.9. The molecule has 8 heteroatoms. The van der Waals surface area contributed by atoms with Gasteiger partial charge in [0.25, 0.3) is 0 Å². The van der Waals surface area contributed by atoms with Crippen LogP contribution in [0.5, 0.6) is 0 Å². The van der Waals surface area contributed by atoms with E-state index < -0.39 is 5.41 Å². The van der Waals surface area contributed by atoms with Gasteiger partial charge in [-0.05, 0) is 44.4 Å². The Kier molecular flexibility index (Phi) is 4.10. The topological polar surface area (TPSA) is 84.3 Å². The highest BCUT2D eigenvalue weighted by Crippen LogP contribution is 2.46. The molecule has 8 nitrogen and oxygen atoms in total. The number of benzene rings is 1. The molecule has 2 unspecified atom stereocenters. The number of anilines is 3. The summed E-state index contributed by atoms with van der Waals surface area (Å²) in [6.45, 7) is 7.19. The van der Waals surface area contributed by atoms with Gasteiger partial charge in [-0.15, -0.1) is 0 Å². The summed E-state index contributed by atoms with van der Waals surface area (Å²) in [5.41, 5.74) is 3.01. The molecular formula is C24H24N6O2. The first-order valence-corrected chi connectivity index (χ1v) is 10.9. The lowest BCUT2D eigenvalue weighted by molar-refractivity contribution is -0.121. The fraction of sp³-hybridized carbons (Fsp3) is 0.375. The lowest BCUT2D eigenvalue weighted by Crippen LogP contribution is -2.64. The van der Waals surface area contributed by atoms with E-state index in [4.69, 9.17) is 9.72 Å². The fourth-order valence-corrected chi connectivity index (χ4v) is 4.99. The zero-order chi connectivity index (χ0) is 22.0. The van der Waals surface area contributed by atoms with Crippen molar-refractivity contribution in [3.05, 3.63) is 54.4 Å². The summed E-state index contributed by atoms with van der Waals surface area (Å²) < 4.78 is 5.60. The maximum absolute atomic E-state index is 13.5. The van der Waals surface area contributed by atoms with Gasteiger partial charge in [0.2, 0.25) is 5.91 Å². The molecule has 5 heterocycles. The Morgan fingerprint density at radius 2 is 1.72 bits per heavy atom. The predicted molar refractivity (Wildman–Crippen MR) is 120 cm³/mol. The number of amides is 1. The van der Waals surface area contributed by atoms with Gasteiger partial charge in [-0.1, -0.05) is 12.1 Å². The zero-order valence-electron chi connectivity index (χ0n) is 18.3. The van der Waals surface area contributed by atoms with Crippen molar-refractivity contribution < 1.29 is 9.53 Å². The molecule has 2 atom stereocenters. The third kappa shape index (κ3) is 2.75. The van der Waals surface area contributed by atoms with Crippen LogP contribution < -0.4 is 9.80 Å². The Morgan fingerprint density at radius 3 is 2.44 bits per heavy atom. The van der Waals surface area contributed by atoms with Crippen LogP contribution in [0.15, 0.2) is 43.0 Å². The Hall–Kier alpha value is -3.39. The fourth-order valence-electron chi connectivity index (χ4n) is 4.99. The smallest absolute Gasteiger partial charge is 0.242 e. The summed E-state index contributed by atoms with van der Waals surface area (Å²) in [4.78, 5) is 35.5. The molecule has 2 fully saturated rings. The van der Waals surface area contributed by atoms with Gasteiger partial charge in [0.05, 0.1) is 48.8 Å². The molecule has 2 saturated heterocycles. The largest absolute Gasteiger partial charge is 0.377 e. The van der Waals surface area contributed by atoms with Crippen molar-refractivity contribution in [1.29, 1.82) is 0 Å². The molecular weight excluding hydrogens is 404 g/mol. The van der Waals surface area contributed by atoms with Crippen molar-refractivity contribution in [2.75, 3.05) is 23.0 Å². The zero-order valence-corrected chi connectivity index (χ0v) is 18.3. The van der Waals surface area contributed by atoms with Crippen molar-refractivity contribution in [2.45, 2.75) is 44.7 Å². The number of carbonyl (C=O) groups is 1. The Bertz CT molecular complexity index is 1210. The predicted octanol–water partition coefficient (Wildman–Crippen LogP) is 3.18. The minimum absolute atomic E-state index is 0.0107. The van der Waals surface area contributed by atoms with Gasteiger partial charge in [-0.25, -0.2) is 15.0 Å². The van der Waals surface area contributed by atoms with Gasteiger partial charge in [-0.3, -0.25) is 14.7 Å². The molecule has 3 aliphatic rings.